The van der Waals surface area contributed by atoms with Gasteiger partial charge in [-0.15, -0.1) is 0 Å². The highest BCUT2D eigenvalue weighted by Gasteiger charge is 2.32. The van der Waals surface area contributed by atoms with Crippen LogP contribution in [0.25, 0.3) is 0 Å². The zero-order valence-electron chi connectivity index (χ0n) is 47.4. The number of primary amides is 2. The summed E-state index contributed by atoms with van der Waals surface area (Å²) in [7, 11) is 0. The van der Waals surface area contributed by atoms with E-state index in [0.29, 0.717) is 6.42 Å². The van der Waals surface area contributed by atoms with Gasteiger partial charge in [-0.1, -0.05) is 83.1 Å². The molecule has 0 heterocycles. The fraction of sp³-hybridized carbons (Fsp3) is 0.750. The predicted molar refractivity (Wildman–Crippen MR) is 293 cm³/mol. The average molecular weight is 1090 g/mol. The molecule has 0 spiro atoms. The topological polar surface area (TPSA) is 500 Å². The van der Waals surface area contributed by atoms with Crippen molar-refractivity contribution in [3.63, 3.8) is 0 Å². The maximum atomic E-state index is 12.8. The quantitative estimate of drug-likeness (QED) is 0.0171. The first kappa shape index (κ1) is 78.7. The highest BCUT2D eigenvalue weighted by Crippen LogP contribution is 2.27. The number of hydrazine groups is 6. The zero-order valence-corrected chi connectivity index (χ0v) is 47.4. The maximum absolute atomic E-state index is 12.8. The Balaban J connectivity index is -0.00000199. The van der Waals surface area contributed by atoms with Gasteiger partial charge in [0.25, 0.3) is 0 Å². The Morgan fingerprint density at radius 2 is 0.724 bits per heavy atom. The van der Waals surface area contributed by atoms with E-state index in [-0.39, 0.29) is 83.5 Å². The number of carbonyl (C=O) groups excluding carboxylic acids is 10. The lowest BCUT2D eigenvalue weighted by Crippen LogP contribution is -2.42. The van der Waals surface area contributed by atoms with E-state index in [9.17, 15) is 47.9 Å². The Labute approximate surface area is 450 Å². The molecule has 28 nitrogen and oxygen atoms in total. The molecular formula is C48H100N18O10. The van der Waals surface area contributed by atoms with Crippen LogP contribution in [0.1, 0.15) is 173 Å². The molecule has 442 valence electrons. The summed E-state index contributed by atoms with van der Waals surface area (Å²) < 4.78 is 0. The Bertz CT molecular complexity index is 1740. The van der Waals surface area contributed by atoms with Crippen LogP contribution < -0.4 is 89.9 Å². The van der Waals surface area contributed by atoms with Crippen molar-refractivity contribution < 1.29 is 47.9 Å². The van der Waals surface area contributed by atoms with Crippen LogP contribution in [0.2, 0.25) is 0 Å². The molecule has 0 radical (unpaired) electrons. The van der Waals surface area contributed by atoms with E-state index in [4.69, 9.17) is 46.5 Å². The van der Waals surface area contributed by atoms with E-state index in [1.807, 2.05) is 77.1 Å². The van der Waals surface area contributed by atoms with Gasteiger partial charge in [-0.05, 0) is 88.9 Å². The second-order valence-electron chi connectivity index (χ2n) is 17.0. The largest absolute Gasteiger partial charge is 0.369 e. The van der Waals surface area contributed by atoms with Crippen molar-refractivity contribution >= 4 is 71.5 Å². The van der Waals surface area contributed by atoms with Crippen molar-refractivity contribution in [2.45, 2.75) is 173 Å². The summed E-state index contributed by atoms with van der Waals surface area (Å²) in [5, 5.41) is 8.08. The van der Waals surface area contributed by atoms with E-state index in [0.717, 1.165) is 0 Å². The third kappa shape index (κ3) is 35.9. The molecule has 0 bridgehead atoms. The molecule has 0 aliphatic heterocycles. The third-order valence-corrected chi connectivity index (χ3v) is 11.7. The van der Waals surface area contributed by atoms with Crippen LogP contribution in [-0.4, -0.2) is 71.5 Å². The molecule has 0 aromatic heterocycles. The van der Waals surface area contributed by atoms with E-state index in [2.05, 4.69) is 31.9 Å². The van der Waals surface area contributed by atoms with Crippen molar-refractivity contribution in [2.24, 2.45) is 116 Å². The number of amides is 10. The molecule has 0 aliphatic carbocycles. The van der Waals surface area contributed by atoms with Gasteiger partial charge in [-0.2, -0.15) is 10.2 Å². The summed E-state index contributed by atoms with van der Waals surface area (Å²) in [6.45, 7) is 22.6. The molecule has 28 heteroatoms. The van der Waals surface area contributed by atoms with Crippen LogP contribution in [0, 0.1) is 59.2 Å². The van der Waals surface area contributed by atoms with Gasteiger partial charge in [-0.25, -0.2) is 45.9 Å². The molecule has 0 rings (SSSR count). The summed E-state index contributed by atoms with van der Waals surface area (Å²) in [6.07, 6.45) is 4.22. The van der Waals surface area contributed by atoms with Gasteiger partial charge in [0.1, 0.15) is 0 Å². The minimum Gasteiger partial charge on any atom is -0.369 e. The molecule has 0 saturated carbocycles. The molecular weight excluding hydrogens is 989 g/mol. The van der Waals surface area contributed by atoms with E-state index in [1.165, 1.54) is 12.4 Å². The van der Waals surface area contributed by atoms with E-state index in [1.54, 1.807) is 27.7 Å². The summed E-state index contributed by atoms with van der Waals surface area (Å²) >= 11 is 0. The molecule has 0 saturated heterocycles. The Morgan fingerprint density at radius 1 is 0.408 bits per heavy atom. The number of hydrazone groups is 2. The van der Waals surface area contributed by atoms with Crippen LogP contribution in [0.5, 0.6) is 0 Å². The normalized spacial score (nSPS) is 14.4. The molecule has 0 fully saturated rings. The number of hydrogen-bond acceptors (Lipinski definition) is 18. The predicted octanol–water partition coefficient (Wildman–Crippen LogP) is -0.0918. The number of rotatable bonds is 35. The van der Waals surface area contributed by atoms with Crippen LogP contribution >= 0.6 is 0 Å². The molecule has 0 aromatic carbocycles. The third-order valence-electron chi connectivity index (χ3n) is 11.7. The second-order valence-corrected chi connectivity index (χ2v) is 17.0. The summed E-state index contributed by atoms with van der Waals surface area (Å²) in [6, 6.07) is 0. The molecule has 10 amide bonds. The zero-order chi connectivity index (χ0) is 59.9. The van der Waals surface area contributed by atoms with Crippen molar-refractivity contribution in [2.75, 3.05) is 0 Å². The lowest BCUT2D eigenvalue weighted by atomic mass is 9.83. The molecule has 76 heavy (non-hydrogen) atoms. The van der Waals surface area contributed by atoms with Gasteiger partial charge in [-0.3, -0.25) is 80.5 Å². The summed E-state index contributed by atoms with van der Waals surface area (Å²) in [5.74, 6) is 19.2. The Hall–Kier alpha value is -6.20. The number of nitrogens with two attached hydrogens (primary N) is 8. The highest BCUT2D eigenvalue weighted by atomic mass is 16.2. The van der Waals surface area contributed by atoms with Crippen molar-refractivity contribution in [1.29, 1.82) is 0 Å². The Morgan fingerprint density at radius 3 is 1.04 bits per heavy atom. The van der Waals surface area contributed by atoms with Crippen molar-refractivity contribution in [3.8, 4) is 0 Å². The van der Waals surface area contributed by atoms with Gasteiger partial charge in [0.15, 0.2) is 0 Å². The van der Waals surface area contributed by atoms with Crippen molar-refractivity contribution in [3.05, 3.63) is 0 Å². The molecule has 0 aliphatic rings. The highest BCUT2D eigenvalue weighted by molar-refractivity contribution is 5.85. The number of hydrogen-bond donors (Lipinski definition) is 16. The maximum Gasteiger partial charge on any atom is 0.240 e. The fourth-order valence-electron chi connectivity index (χ4n) is 7.70. The van der Waals surface area contributed by atoms with Gasteiger partial charge >= 0.3 is 0 Å². The van der Waals surface area contributed by atoms with Gasteiger partial charge < -0.3 is 11.5 Å². The Kier molecular flexibility index (Phi) is 51.4. The van der Waals surface area contributed by atoms with Crippen LogP contribution in [0.3, 0.4) is 0 Å². The van der Waals surface area contributed by atoms with Gasteiger partial charge in [0.05, 0.1) is 0 Å². The number of carbonyl (C=O) groups is 10. The van der Waals surface area contributed by atoms with Crippen LogP contribution in [-0.2, 0) is 47.9 Å². The molecule has 24 N–H and O–H groups in total. The van der Waals surface area contributed by atoms with Gasteiger partial charge in [0, 0.05) is 72.6 Å². The fourth-order valence-corrected chi connectivity index (χ4v) is 7.70. The van der Waals surface area contributed by atoms with Gasteiger partial charge in [0.2, 0.25) is 59.1 Å². The smallest absolute Gasteiger partial charge is 0.240 e. The first-order chi connectivity index (χ1) is 36.1. The van der Waals surface area contributed by atoms with Crippen LogP contribution in [0.4, 0.5) is 0 Å². The van der Waals surface area contributed by atoms with E-state index >= 15 is 0 Å². The first-order valence-corrected chi connectivity index (χ1v) is 26.4. The van der Waals surface area contributed by atoms with E-state index < -0.39 is 118 Å². The standard InChI is InChI=1S/C40H76N18O10.4C2H6/c1-5-25(33(41)61)15-24(20-50-58-32(60)11-7-9-27(38(66)54-46)18-30(40(68)56-48)14-23(4)36(64)52-44)16-28(34(42)62)12-21(2)19-49-57-31(59)10-6-8-26(37(65)53-45)17-29(39(67)55-47)13-22(3)35(63)51-43;4*1-2/h19-30H,5-18,43-48H2,1-4H3,(H2,41,61)(H2,42,62)(H,51,63)(H,52,64)(H,53,65)(H,54,66)(H,55,67)(H,56,68)(H,57,59)(H,58,60);4*1-2H3/b49-19+,50-20+;;;;. The lowest BCUT2D eigenvalue weighted by molar-refractivity contribution is -0.132. The summed E-state index contributed by atoms with van der Waals surface area (Å²) in [5.41, 5.74) is 28.4. The molecule has 0 aromatic rings. The van der Waals surface area contributed by atoms with Crippen LogP contribution in [0.15, 0.2) is 10.2 Å². The molecule has 10 unspecified atom stereocenters. The second kappa shape index (κ2) is 49.7. The first-order valence-electron chi connectivity index (χ1n) is 26.4. The number of nitrogens with zero attached hydrogens (tertiary/aromatic N) is 2. The monoisotopic (exact) mass is 1090 g/mol. The SMILES string of the molecule is CC.CC.CC.CC.CCC(CC(/C=N/NC(=O)CCCC(CC(CC(C)C(=O)NN)C(=O)NN)C(=O)NN)CC(CC(C)/C=N/NC(=O)CCCC(CC(CC(C)C(=O)NN)C(=O)NN)C(=O)NN)C(N)=O)C(N)=O. The number of nitrogens with one attached hydrogen (secondary N) is 8. The lowest BCUT2D eigenvalue weighted by Gasteiger charge is -2.23. The average Bonchev–Trinajstić information content (AvgIpc) is 3.43. The minimum absolute atomic E-state index is 0.0168. The molecule has 10 atom stereocenters. The summed E-state index contributed by atoms with van der Waals surface area (Å²) in [4.78, 5) is 124. The minimum atomic E-state index is -0.857. The van der Waals surface area contributed by atoms with Crippen molar-refractivity contribution in [1.82, 2.24) is 43.4 Å².